The van der Waals surface area contributed by atoms with Crippen LogP contribution in [0.15, 0.2) is 36.4 Å². The number of ether oxygens (including phenoxy) is 1. The molecule has 0 saturated carbocycles. The molecule has 0 spiro atoms. The van der Waals surface area contributed by atoms with E-state index in [2.05, 4.69) is 0 Å². The Morgan fingerprint density at radius 3 is 2.53 bits per heavy atom. The molecule has 0 aliphatic carbocycles. The van der Waals surface area contributed by atoms with Gasteiger partial charge in [0.25, 0.3) is 0 Å². The van der Waals surface area contributed by atoms with Crippen LogP contribution in [0.5, 0.6) is 11.5 Å². The smallest absolute Gasteiger partial charge is 0.127 e. The lowest BCUT2D eigenvalue weighted by molar-refractivity contribution is 0.346. The summed E-state index contributed by atoms with van der Waals surface area (Å²) in [6.45, 7) is 0.469. The van der Waals surface area contributed by atoms with E-state index in [1.807, 2.05) is 24.3 Å². The first kappa shape index (κ1) is 10.1. The molecule has 2 aromatic rings. The first-order valence-electron chi connectivity index (χ1n) is 4.72. The van der Waals surface area contributed by atoms with Gasteiger partial charge in [-0.15, -0.1) is 11.6 Å². The van der Waals surface area contributed by atoms with E-state index in [0.717, 1.165) is 16.5 Å². The Hall–Kier alpha value is -1.41. The maximum atomic E-state index is 9.64. The Labute approximate surface area is 93.1 Å². The van der Waals surface area contributed by atoms with Crippen LogP contribution in [0.4, 0.5) is 0 Å². The third-order valence-electron chi connectivity index (χ3n) is 2.20. The maximum Gasteiger partial charge on any atom is 0.127 e. The number of hydrogen-bond acceptors (Lipinski definition) is 2. The van der Waals surface area contributed by atoms with E-state index in [4.69, 9.17) is 16.3 Å². The van der Waals surface area contributed by atoms with Crippen molar-refractivity contribution in [2.75, 3.05) is 12.5 Å². The standard InChI is InChI=1S/C12H11ClO2/c13-7-8-15-12-6-5-11(14)9-3-1-2-4-10(9)12/h1-6,14H,7-8H2. The number of aromatic hydroxyl groups is 1. The number of alkyl halides is 1. The summed E-state index contributed by atoms with van der Waals surface area (Å²) >= 11 is 5.56. The van der Waals surface area contributed by atoms with Crippen molar-refractivity contribution in [2.24, 2.45) is 0 Å². The number of benzene rings is 2. The molecule has 0 amide bonds. The topological polar surface area (TPSA) is 29.5 Å². The van der Waals surface area contributed by atoms with E-state index in [0.29, 0.717) is 12.5 Å². The van der Waals surface area contributed by atoms with Crippen molar-refractivity contribution < 1.29 is 9.84 Å². The van der Waals surface area contributed by atoms with E-state index < -0.39 is 0 Å². The Balaban J connectivity index is 2.51. The van der Waals surface area contributed by atoms with E-state index >= 15 is 0 Å². The molecule has 0 saturated heterocycles. The van der Waals surface area contributed by atoms with Crippen LogP contribution in [0.1, 0.15) is 0 Å². The third-order valence-corrected chi connectivity index (χ3v) is 2.35. The fourth-order valence-corrected chi connectivity index (χ4v) is 1.61. The van der Waals surface area contributed by atoms with Crippen LogP contribution in [-0.2, 0) is 0 Å². The molecule has 2 nitrogen and oxygen atoms in total. The molecule has 78 valence electrons. The Morgan fingerprint density at radius 2 is 1.80 bits per heavy atom. The highest BCUT2D eigenvalue weighted by atomic mass is 35.5. The predicted octanol–water partition coefficient (Wildman–Crippen LogP) is 3.16. The van der Waals surface area contributed by atoms with Gasteiger partial charge in [-0.05, 0) is 12.1 Å². The third kappa shape index (κ3) is 2.00. The van der Waals surface area contributed by atoms with Crippen molar-refractivity contribution in [1.29, 1.82) is 0 Å². The van der Waals surface area contributed by atoms with E-state index in [1.165, 1.54) is 0 Å². The molecule has 15 heavy (non-hydrogen) atoms. The van der Waals surface area contributed by atoms with Crippen LogP contribution in [-0.4, -0.2) is 17.6 Å². The Morgan fingerprint density at radius 1 is 1.07 bits per heavy atom. The summed E-state index contributed by atoms with van der Waals surface area (Å²) in [6.07, 6.45) is 0. The predicted molar refractivity (Wildman–Crippen MR) is 61.8 cm³/mol. The maximum absolute atomic E-state index is 9.64. The molecule has 0 aromatic heterocycles. The molecule has 0 bridgehead atoms. The van der Waals surface area contributed by atoms with Crippen molar-refractivity contribution in [3.63, 3.8) is 0 Å². The summed E-state index contributed by atoms with van der Waals surface area (Å²) in [7, 11) is 0. The largest absolute Gasteiger partial charge is 0.507 e. The van der Waals surface area contributed by atoms with Gasteiger partial charge in [-0.3, -0.25) is 0 Å². The van der Waals surface area contributed by atoms with Crippen LogP contribution in [0.2, 0.25) is 0 Å². The summed E-state index contributed by atoms with van der Waals surface area (Å²) in [5.41, 5.74) is 0. The second-order valence-corrected chi connectivity index (χ2v) is 3.54. The Bertz CT molecular complexity index is 468. The van der Waals surface area contributed by atoms with Crippen molar-refractivity contribution in [3.05, 3.63) is 36.4 Å². The number of fused-ring (bicyclic) bond motifs is 1. The molecular formula is C12H11ClO2. The van der Waals surface area contributed by atoms with E-state index in [1.54, 1.807) is 12.1 Å². The van der Waals surface area contributed by atoms with Gasteiger partial charge in [-0.1, -0.05) is 24.3 Å². The van der Waals surface area contributed by atoms with Crippen LogP contribution < -0.4 is 4.74 Å². The lowest BCUT2D eigenvalue weighted by atomic mass is 10.1. The van der Waals surface area contributed by atoms with Crippen LogP contribution in [0.3, 0.4) is 0 Å². The molecule has 3 heteroatoms. The summed E-state index contributed by atoms with van der Waals surface area (Å²) < 4.78 is 5.48. The number of phenols is 1. The quantitative estimate of drug-likeness (QED) is 0.809. The second-order valence-electron chi connectivity index (χ2n) is 3.17. The number of phenolic OH excluding ortho intramolecular Hbond substituents is 1. The molecule has 0 radical (unpaired) electrons. The zero-order chi connectivity index (χ0) is 10.7. The molecule has 0 aliphatic rings. The van der Waals surface area contributed by atoms with E-state index in [-0.39, 0.29) is 5.75 Å². The van der Waals surface area contributed by atoms with Gasteiger partial charge in [-0.25, -0.2) is 0 Å². The molecule has 2 aromatic carbocycles. The molecule has 0 fully saturated rings. The average molecular weight is 223 g/mol. The normalized spacial score (nSPS) is 10.5. The lowest BCUT2D eigenvalue weighted by Crippen LogP contribution is -1.98. The fraction of sp³-hybridized carbons (Fsp3) is 0.167. The zero-order valence-corrected chi connectivity index (χ0v) is 8.87. The number of rotatable bonds is 3. The number of halogens is 1. The zero-order valence-electron chi connectivity index (χ0n) is 8.11. The van der Waals surface area contributed by atoms with Gasteiger partial charge >= 0.3 is 0 Å². The monoisotopic (exact) mass is 222 g/mol. The summed E-state index contributed by atoms with van der Waals surface area (Å²) in [5, 5.41) is 11.3. The SMILES string of the molecule is Oc1ccc(OCCCl)c2ccccc12. The Kier molecular flexibility index (Phi) is 2.97. The minimum Gasteiger partial charge on any atom is -0.507 e. The van der Waals surface area contributed by atoms with Gasteiger partial charge in [0.2, 0.25) is 0 Å². The lowest BCUT2D eigenvalue weighted by Gasteiger charge is -2.08. The van der Waals surface area contributed by atoms with Crippen LogP contribution >= 0.6 is 11.6 Å². The molecule has 0 unspecified atom stereocenters. The van der Waals surface area contributed by atoms with Crippen molar-refractivity contribution in [3.8, 4) is 11.5 Å². The molecular weight excluding hydrogens is 212 g/mol. The first-order valence-corrected chi connectivity index (χ1v) is 5.26. The summed E-state index contributed by atoms with van der Waals surface area (Å²) in [6, 6.07) is 11.0. The van der Waals surface area contributed by atoms with Crippen LogP contribution in [0, 0.1) is 0 Å². The van der Waals surface area contributed by atoms with Gasteiger partial charge < -0.3 is 9.84 Å². The van der Waals surface area contributed by atoms with Crippen molar-refractivity contribution in [2.45, 2.75) is 0 Å². The van der Waals surface area contributed by atoms with Gasteiger partial charge in [-0.2, -0.15) is 0 Å². The van der Waals surface area contributed by atoms with Crippen molar-refractivity contribution >= 4 is 22.4 Å². The van der Waals surface area contributed by atoms with Gasteiger partial charge in [0.05, 0.1) is 5.88 Å². The number of hydrogen-bond donors (Lipinski definition) is 1. The summed E-state index contributed by atoms with van der Waals surface area (Å²) in [4.78, 5) is 0. The van der Waals surface area contributed by atoms with Gasteiger partial charge in [0.15, 0.2) is 0 Å². The average Bonchev–Trinajstić information content (AvgIpc) is 2.29. The molecule has 1 N–H and O–H groups in total. The highest BCUT2D eigenvalue weighted by Gasteiger charge is 2.04. The van der Waals surface area contributed by atoms with E-state index in [9.17, 15) is 5.11 Å². The fourth-order valence-electron chi connectivity index (χ4n) is 1.53. The minimum atomic E-state index is 0.267. The molecule has 0 aliphatic heterocycles. The minimum absolute atomic E-state index is 0.267. The summed E-state index contributed by atoms with van der Waals surface area (Å²) in [5.74, 6) is 1.47. The molecule has 0 heterocycles. The van der Waals surface area contributed by atoms with Crippen molar-refractivity contribution in [1.82, 2.24) is 0 Å². The van der Waals surface area contributed by atoms with Gasteiger partial charge in [0.1, 0.15) is 18.1 Å². The van der Waals surface area contributed by atoms with Gasteiger partial charge in [0, 0.05) is 10.8 Å². The van der Waals surface area contributed by atoms with Crippen LogP contribution in [0.25, 0.3) is 10.8 Å². The molecule has 2 rings (SSSR count). The highest BCUT2D eigenvalue weighted by molar-refractivity contribution is 6.18. The second kappa shape index (κ2) is 4.41. The molecule has 0 atom stereocenters. The highest BCUT2D eigenvalue weighted by Crippen LogP contribution is 2.31. The first-order chi connectivity index (χ1) is 7.33.